The molecule has 0 radical (unpaired) electrons. The molecule has 1 saturated heterocycles. The summed E-state index contributed by atoms with van der Waals surface area (Å²) in [5, 5.41) is 8.96. The third-order valence-electron chi connectivity index (χ3n) is 2.27. The van der Waals surface area contributed by atoms with Gasteiger partial charge in [0, 0.05) is 19.3 Å². The molecule has 1 fully saturated rings. The van der Waals surface area contributed by atoms with Gasteiger partial charge < -0.3 is 14.7 Å². The van der Waals surface area contributed by atoms with E-state index in [0.29, 0.717) is 6.54 Å². The Labute approximate surface area is 95.1 Å². The van der Waals surface area contributed by atoms with E-state index in [2.05, 4.69) is 0 Å². The fourth-order valence-electron chi connectivity index (χ4n) is 1.67. The third kappa shape index (κ3) is 4.07. The first-order valence-electron chi connectivity index (χ1n) is 5.03. The van der Waals surface area contributed by atoms with Crippen LogP contribution in [0.5, 0.6) is 0 Å². The van der Waals surface area contributed by atoms with Gasteiger partial charge in [0.1, 0.15) is 5.75 Å². The standard InChI is InChI=1S/C9H17NO5S/c1-7-3-10(4-8(5-11)15-7)9(12)6-16(2,13)14/h7-8,11H,3-6H2,1-2H3. The van der Waals surface area contributed by atoms with Crippen LogP contribution in [0.25, 0.3) is 0 Å². The van der Waals surface area contributed by atoms with Crippen LogP contribution in [-0.2, 0) is 19.4 Å². The van der Waals surface area contributed by atoms with Crippen molar-refractivity contribution in [3.63, 3.8) is 0 Å². The summed E-state index contributed by atoms with van der Waals surface area (Å²) in [5.74, 6) is -0.922. The molecule has 7 heteroatoms. The smallest absolute Gasteiger partial charge is 0.237 e. The van der Waals surface area contributed by atoms with E-state index < -0.39 is 27.6 Å². The number of aliphatic hydroxyl groups is 1. The van der Waals surface area contributed by atoms with Gasteiger partial charge in [0.15, 0.2) is 9.84 Å². The molecule has 1 N–H and O–H groups in total. The zero-order valence-electron chi connectivity index (χ0n) is 9.42. The average Bonchev–Trinajstić information content (AvgIpc) is 2.14. The maximum absolute atomic E-state index is 11.6. The first-order chi connectivity index (χ1) is 7.31. The number of hydrogen-bond acceptors (Lipinski definition) is 5. The van der Waals surface area contributed by atoms with Crippen LogP contribution in [0, 0.1) is 0 Å². The second-order valence-corrected chi connectivity index (χ2v) is 6.26. The van der Waals surface area contributed by atoms with Crippen LogP contribution in [-0.4, -0.2) is 68.2 Å². The van der Waals surface area contributed by atoms with Gasteiger partial charge in [-0.05, 0) is 6.92 Å². The minimum atomic E-state index is -3.31. The van der Waals surface area contributed by atoms with Gasteiger partial charge in [-0.2, -0.15) is 0 Å². The van der Waals surface area contributed by atoms with Gasteiger partial charge >= 0.3 is 0 Å². The van der Waals surface area contributed by atoms with Crippen molar-refractivity contribution in [3.05, 3.63) is 0 Å². The number of hydrogen-bond donors (Lipinski definition) is 1. The molecule has 0 bridgehead atoms. The van der Waals surface area contributed by atoms with E-state index >= 15 is 0 Å². The SMILES string of the molecule is CC1CN(C(=O)CS(C)(=O)=O)CC(CO)O1. The Hall–Kier alpha value is -0.660. The van der Waals surface area contributed by atoms with Crippen molar-refractivity contribution in [2.24, 2.45) is 0 Å². The molecule has 0 aliphatic carbocycles. The largest absolute Gasteiger partial charge is 0.394 e. The fraction of sp³-hybridized carbons (Fsp3) is 0.889. The molecule has 0 spiro atoms. The average molecular weight is 251 g/mol. The van der Waals surface area contributed by atoms with Crippen molar-refractivity contribution < 1.29 is 23.1 Å². The van der Waals surface area contributed by atoms with Crippen LogP contribution in [0.15, 0.2) is 0 Å². The fourth-order valence-corrected chi connectivity index (χ4v) is 2.30. The Balaban J connectivity index is 2.62. The van der Waals surface area contributed by atoms with Crippen molar-refractivity contribution in [1.82, 2.24) is 4.90 Å². The van der Waals surface area contributed by atoms with Crippen molar-refractivity contribution in [3.8, 4) is 0 Å². The normalized spacial score (nSPS) is 26.8. The zero-order chi connectivity index (χ0) is 12.3. The molecule has 1 aliphatic rings. The van der Waals surface area contributed by atoms with Crippen LogP contribution >= 0.6 is 0 Å². The van der Waals surface area contributed by atoms with Crippen molar-refractivity contribution in [2.45, 2.75) is 19.1 Å². The second-order valence-electron chi connectivity index (χ2n) is 4.12. The number of sulfone groups is 1. The van der Waals surface area contributed by atoms with Crippen LogP contribution in [0.2, 0.25) is 0 Å². The maximum atomic E-state index is 11.6. The number of ether oxygens (including phenoxy) is 1. The topological polar surface area (TPSA) is 83.9 Å². The first kappa shape index (κ1) is 13.4. The lowest BCUT2D eigenvalue weighted by Crippen LogP contribution is -2.51. The second kappa shape index (κ2) is 5.11. The molecule has 0 aromatic rings. The molecule has 1 aliphatic heterocycles. The lowest BCUT2D eigenvalue weighted by atomic mass is 10.2. The van der Waals surface area contributed by atoms with Gasteiger partial charge in [-0.25, -0.2) is 8.42 Å². The van der Waals surface area contributed by atoms with Crippen LogP contribution < -0.4 is 0 Å². The van der Waals surface area contributed by atoms with Gasteiger partial charge in [-0.3, -0.25) is 4.79 Å². The van der Waals surface area contributed by atoms with E-state index in [1.807, 2.05) is 0 Å². The monoisotopic (exact) mass is 251 g/mol. The highest BCUT2D eigenvalue weighted by Gasteiger charge is 2.29. The van der Waals surface area contributed by atoms with Gasteiger partial charge in [-0.1, -0.05) is 0 Å². The van der Waals surface area contributed by atoms with E-state index in [1.165, 1.54) is 4.90 Å². The molecule has 16 heavy (non-hydrogen) atoms. The number of rotatable bonds is 3. The minimum Gasteiger partial charge on any atom is -0.394 e. The highest BCUT2D eigenvalue weighted by atomic mass is 32.2. The zero-order valence-corrected chi connectivity index (χ0v) is 10.2. The summed E-state index contributed by atoms with van der Waals surface area (Å²) in [6, 6.07) is 0. The van der Waals surface area contributed by atoms with E-state index in [0.717, 1.165) is 6.26 Å². The highest BCUT2D eigenvalue weighted by molar-refractivity contribution is 7.91. The maximum Gasteiger partial charge on any atom is 0.237 e. The van der Waals surface area contributed by atoms with Crippen molar-refractivity contribution >= 4 is 15.7 Å². The predicted molar refractivity (Wildman–Crippen MR) is 57.7 cm³/mol. The molecule has 0 saturated carbocycles. The summed E-state index contributed by atoms with van der Waals surface area (Å²) in [5.41, 5.74) is 0. The summed E-state index contributed by atoms with van der Waals surface area (Å²) in [4.78, 5) is 13.1. The Bertz CT molecular complexity index is 353. The van der Waals surface area contributed by atoms with Crippen LogP contribution in [0.1, 0.15) is 6.92 Å². The summed E-state index contributed by atoms with van der Waals surface area (Å²) >= 11 is 0. The van der Waals surface area contributed by atoms with Crippen molar-refractivity contribution in [1.29, 1.82) is 0 Å². The number of carbonyl (C=O) groups excluding carboxylic acids is 1. The summed E-state index contributed by atoms with van der Waals surface area (Å²) in [6.07, 6.45) is 0.417. The lowest BCUT2D eigenvalue weighted by molar-refractivity contribution is -0.144. The molecule has 94 valence electrons. The lowest BCUT2D eigenvalue weighted by Gasteiger charge is -2.35. The van der Waals surface area contributed by atoms with E-state index in [-0.39, 0.29) is 19.3 Å². The molecule has 2 atom stereocenters. The molecule has 1 rings (SSSR count). The number of morpholine rings is 1. The molecular weight excluding hydrogens is 234 g/mol. The van der Waals surface area contributed by atoms with Crippen LogP contribution in [0.4, 0.5) is 0 Å². The van der Waals surface area contributed by atoms with Gasteiger partial charge in [-0.15, -0.1) is 0 Å². The molecule has 0 aromatic carbocycles. The molecule has 1 heterocycles. The molecule has 1 amide bonds. The first-order valence-corrected chi connectivity index (χ1v) is 7.09. The predicted octanol–water partition coefficient (Wildman–Crippen LogP) is -1.36. The number of aliphatic hydroxyl groups excluding tert-OH is 1. The summed E-state index contributed by atoms with van der Waals surface area (Å²) < 4.78 is 27.3. The van der Waals surface area contributed by atoms with E-state index in [4.69, 9.17) is 9.84 Å². The Morgan fingerprint density at radius 3 is 2.62 bits per heavy atom. The minimum absolute atomic E-state index is 0.174. The Morgan fingerprint density at radius 2 is 2.12 bits per heavy atom. The van der Waals surface area contributed by atoms with E-state index in [1.54, 1.807) is 6.92 Å². The van der Waals surface area contributed by atoms with Gasteiger partial charge in [0.2, 0.25) is 5.91 Å². The third-order valence-corrected chi connectivity index (χ3v) is 3.04. The summed E-state index contributed by atoms with van der Waals surface area (Å²) in [7, 11) is -3.31. The quantitative estimate of drug-likeness (QED) is 0.669. The van der Waals surface area contributed by atoms with Crippen molar-refractivity contribution in [2.75, 3.05) is 31.7 Å². The van der Waals surface area contributed by atoms with E-state index in [9.17, 15) is 13.2 Å². The van der Waals surface area contributed by atoms with Gasteiger partial charge in [0.25, 0.3) is 0 Å². The van der Waals surface area contributed by atoms with Gasteiger partial charge in [0.05, 0.1) is 18.8 Å². The highest BCUT2D eigenvalue weighted by Crippen LogP contribution is 2.11. The van der Waals surface area contributed by atoms with Crippen LogP contribution in [0.3, 0.4) is 0 Å². The molecule has 0 aromatic heterocycles. The number of nitrogens with zero attached hydrogens (tertiary/aromatic N) is 1. The Morgan fingerprint density at radius 1 is 1.50 bits per heavy atom. The molecule has 6 nitrogen and oxygen atoms in total. The molecule has 2 unspecified atom stereocenters. The number of carbonyl (C=O) groups is 1. The number of amides is 1. The molecular formula is C9H17NO5S. The summed E-state index contributed by atoms with van der Waals surface area (Å²) in [6.45, 7) is 2.22. The Kier molecular flexibility index (Phi) is 4.28.